The minimum atomic E-state index is -3.91. The smallest absolute Gasteiger partial charge is 0.337 e. The number of aromatic nitrogens is 2. The number of fused-ring (bicyclic) bond motifs is 1. The molecular formula is C26H21N5O5S. The molecule has 3 heterocycles. The van der Waals surface area contributed by atoms with Gasteiger partial charge in [-0.2, -0.15) is 5.26 Å². The molecule has 1 atom stereocenters. The summed E-state index contributed by atoms with van der Waals surface area (Å²) in [5, 5.41) is 24.2. The summed E-state index contributed by atoms with van der Waals surface area (Å²) in [6.07, 6.45) is 1.58. The van der Waals surface area contributed by atoms with E-state index < -0.39 is 21.2 Å². The van der Waals surface area contributed by atoms with Crippen molar-refractivity contribution in [3.05, 3.63) is 78.1 Å². The van der Waals surface area contributed by atoms with Crippen LogP contribution in [0.15, 0.2) is 71.9 Å². The molecule has 186 valence electrons. The van der Waals surface area contributed by atoms with E-state index >= 15 is 0 Å². The number of benzene rings is 2. The van der Waals surface area contributed by atoms with Crippen LogP contribution in [-0.2, 0) is 14.6 Å². The lowest BCUT2D eigenvalue weighted by Crippen LogP contribution is -2.46. The summed E-state index contributed by atoms with van der Waals surface area (Å²) in [6, 6.07) is 18.4. The zero-order chi connectivity index (χ0) is 26.0. The molecule has 0 amide bonds. The molecule has 0 spiro atoms. The first-order valence-corrected chi connectivity index (χ1v) is 12.9. The van der Waals surface area contributed by atoms with E-state index in [4.69, 9.17) is 10.00 Å². The van der Waals surface area contributed by atoms with Crippen molar-refractivity contribution in [1.29, 1.82) is 5.26 Å². The molecule has 1 fully saturated rings. The van der Waals surface area contributed by atoms with Crippen LogP contribution in [0.5, 0.6) is 0 Å². The van der Waals surface area contributed by atoms with Crippen molar-refractivity contribution >= 4 is 38.1 Å². The Labute approximate surface area is 212 Å². The molecule has 4 aromatic rings. The predicted octanol–water partition coefficient (Wildman–Crippen LogP) is 3.33. The van der Waals surface area contributed by atoms with Gasteiger partial charge < -0.3 is 15.2 Å². The van der Waals surface area contributed by atoms with E-state index in [-0.39, 0.29) is 22.9 Å². The monoisotopic (exact) mass is 515 g/mol. The number of ether oxygens (including phenoxy) is 1. The molecule has 0 radical (unpaired) electrons. The number of para-hydroxylation sites is 1. The number of nitriles is 1. The van der Waals surface area contributed by atoms with E-state index in [0.29, 0.717) is 35.4 Å². The van der Waals surface area contributed by atoms with Crippen LogP contribution >= 0.6 is 0 Å². The van der Waals surface area contributed by atoms with E-state index in [2.05, 4.69) is 20.6 Å². The predicted molar refractivity (Wildman–Crippen MR) is 136 cm³/mol. The number of nitrogens with zero attached hydrogens (tertiary/aromatic N) is 3. The highest BCUT2D eigenvalue weighted by molar-refractivity contribution is 7.92. The second-order valence-electron chi connectivity index (χ2n) is 8.32. The first-order valence-electron chi connectivity index (χ1n) is 11.3. The standard InChI is InChI=1S/C26H21N5O5S/c27-13-18-7-5-17(14-29-18)16-6-8-22-20(11-16)23(30-21-4-2-1-3-19(21)26(32)33)12-24(31-22)37(34,35)25-15-36-10-9-28-25/h1-8,11-12,14,25,28H,9-10,15H2,(H,30,31)(H,32,33). The maximum atomic E-state index is 13.4. The average molecular weight is 516 g/mol. The molecule has 2 aromatic carbocycles. The Balaban J connectivity index is 1.67. The number of rotatable bonds is 6. The number of carboxylic acids is 1. The molecule has 0 bridgehead atoms. The summed E-state index contributed by atoms with van der Waals surface area (Å²) in [7, 11) is -3.91. The molecule has 1 aliphatic rings. The van der Waals surface area contributed by atoms with Gasteiger partial charge in [0.2, 0.25) is 9.84 Å². The van der Waals surface area contributed by atoms with Gasteiger partial charge in [-0.05, 0) is 48.0 Å². The zero-order valence-corrected chi connectivity index (χ0v) is 20.2. The minimum absolute atomic E-state index is 0.00269. The summed E-state index contributed by atoms with van der Waals surface area (Å²) < 4.78 is 32.1. The van der Waals surface area contributed by atoms with Crippen molar-refractivity contribution in [2.45, 2.75) is 10.4 Å². The van der Waals surface area contributed by atoms with Gasteiger partial charge in [-0.3, -0.25) is 5.32 Å². The van der Waals surface area contributed by atoms with Gasteiger partial charge in [0.15, 0.2) is 5.03 Å². The molecule has 1 unspecified atom stereocenters. The Morgan fingerprint density at radius 3 is 2.62 bits per heavy atom. The van der Waals surface area contributed by atoms with Crippen molar-refractivity contribution in [1.82, 2.24) is 15.3 Å². The van der Waals surface area contributed by atoms with Crippen molar-refractivity contribution in [3.63, 3.8) is 0 Å². The van der Waals surface area contributed by atoms with Crippen LogP contribution in [0.3, 0.4) is 0 Å². The van der Waals surface area contributed by atoms with Gasteiger partial charge in [-0.25, -0.2) is 23.2 Å². The lowest BCUT2D eigenvalue weighted by Gasteiger charge is -2.24. The van der Waals surface area contributed by atoms with Crippen LogP contribution in [0.4, 0.5) is 11.4 Å². The summed E-state index contributed by atoms with van der Waals surface area (Å²) in [6.45, 7) is 0.816. The zero-order valence-electron chi connectivity index (χ0n) is 19.4. The second-order valence-corrected chi connectivity index (χ2v) is 10.4. The van der Waals surface area contributed by atoms with E-state index in [1.807, 2.05) is 12.1 Å². The van der Waals surface area contributed by atoms with E-state index in [1.165, 1.54) is 12.1 Å². The number of anilines is 2. The number of carboxylic acid groups (broad SMARTS) is 1. The van der Waals surface area contributed by atoms with Gasteiger partial charge in [0, 0.05) is 23.7 Å². The SMILES string of the molecule is N#Cc1ccc(-c2ccc3nc(S(=O)(=O)C4COCCN4)cc(Nc4ccccc4C(=O)O)c3c2)cn1. The van der Waals surface area contributed by atoms with E-state index in [1.54, 1.807) is 48.7 Å². The Morgan fingerprint density at radius 1 is 1.11 bits per heavy atom. The quantitative estimate of drug-likeness (QED) is 0.348. The third kappa shape index (κ3) is 4.85. The average Bonchev–Trinajstić information content (AvgIpc) is 2.93. The number of morpholine rings is 1. The lowest BCUT2D eigenvalue weighted by molar-refractivity contribution is 0.0698. The summed E-state index contributed by atoms with van der Waals surface area (Å²) in [5.41, 5.74) is 2.91. The van der Waals surface area contributed by atoms with Gasteiger partial charge in [0.25, 0.3) is 0 Å². The van der Waals surface area contributed by atoms with Crippen LogP contribution < -0.4 is 10.6 Å². The molecule has 10 nitrogen and oxygen atoms in total. The molecule has 3 N–H and O–H groups in total. The second kappa shape index (κ2) is 9.94. The molecule has 11 heteroatoms. The number of hydrogen-bond donors (Lipinski definition) is 3. The molecular weight excluding hydrogens is 494 g/mol. The van der Waals surface area contributed by atoms with Crippen LogP contribution in [0.25, 0.3) is 22.0 Å². The molecule has 1 aliphatic heterocycles. The van der Waals surface area contributed by atoms with Gasteiger partial charge in [0.1, 0.15) is 17.1 Å². The number of sulfone groups is 1. The van der Waals surface area contributed by atoms with Gasteiger partial charge in [-0.1, -0.05) is 18.2 Å². The maximum absolute atomic E-state index is 13.4. The van der Waals surface area contributed by atoms with Crippen LogP contribution in [0.2, 0.25) is 0 Å². The van der Waals surface area contributed by atoms with Gasteiger partial charge >= 0.3 is 5.97 Å². The topological polar surface area (TPSA) is 154 Å². The number of aromatic carboxylic acids is 1. The fourth-order valence-corrected chi connectivity index (χ4v) is 5.48. The van der Waals surface area contributed by atoms with Crippen LogP contribution in [0, 0.1) is 11.3 Å². The molecule has 0 aliphatic carbocycles. The summed E-state index contributed by atoms with van der Waals surface area (Å²) >= 11 is 0. The highest BCUT2D eigenvalue weighted by atomic mass is 32.2. The van der Waals surface area contributed by atoms with Crippen LogP contribution in [0.1, 0.15) is 16.1 Å². The first-order chi connectivity index (χ1) is 17.9. The Hall–Kier alpha value is -4.37. The first kappa shape index (κ1) is 24.3. The molecule has 37 heavy (non-hydrogen) atoms. The van der Waals surface area contributed by atoms with E-state index in [0.717, 1.165) is 11.1 Å². The summed E-state index contributed by atoms with van der Waals surface area (Å²) in [5.74, 6) is -1.12. The van der Waals surface area contributed by atoms with Crippen molar-refractivity contribution < 1.29 is 23.1 Å². The minimum Gasteiger partial charge on any atom is -0.478 e. The highest BCUT2D eigenvalue weighted by Crippen LogP contribution is 2.33. The number of pyridine rings is 2. The number of nitrogens with one attached hydrogen (secondary N) is 2. The van der Waals surface area contributed by atoms with Crippen molar-refractivity contribution in [3.8, 4) is 17.2 Å². The Morgan fingerprint density at radius 2 is 1.92 bits per heavy atom. The molecule has 0 saturated carbocycles. The largest absolute Gasteiger partial charge is 0.478 e. The number of carbonyl (C=O) groups is 1. The van der Waals surface area contributed by atoms with E-state index in [9.17, 15) is 18.3 Å². The van der Waals surface area contributed by atoms with Crippen molar-refractivity contribution in [2.75, 3.05) is 25.1 Å². The van der Waals surface area contributed by atoms with Crippen LogP contribution in [-0.4, -0.2) is 54.6 Å². The van der Waals surface area contributed by atoms with Gasteiger partial charge in [-0.15, -0.1) is 0 Å². The van der Waals surface area contributed by atoms with Gasteiger partial charge in [0.05, 0.1) is 35.7 Å². The summed E-state index contributed by atoms with van der Waals surface area (Å²) in [4.78, 5) is 20.4. The lowest BCUT2D eigenvalue weighted by atomic mass is 10.0. The fourth-order valence-electron chi connectivity index (χ4n) is 4.07. The normalized spacial score (nSPS) is 15.7. The molecule has 2 aromatic heterocycles. The Kier molecular flexibility index (Phi) is 6.54. The number of hydrogen-bond acceptors (Lipinski definition) is 9. The third-order valence-electron chi connectivity index (χ3n) is 5.98. The maximum Gasteiger partial charge on any atom is 0.337 e. The highest BCUT2D eigenvalue weighted by Gasteiger charge is 2.31. The fraction of sp³-hybridized carbons (Fsp3) is 0.154. The third-order valence-corrected chi connectivity index (χ3v) is 7.82. The Bertz CT molecular complexity index is 1640. The molecule has 1 saturated heterocycles. The molecule has 5 rings (SSSR count). The van der Waals surface area contributed by atoms with Crippen molar-refractivity contribution in [2.24, 2.45) is 0 Å².